The van der Waals surface area contributed by atoms with Crippen molar-refractivity contribution in [2.24, 2.45) is 0 Å². The highest BCUT2D eigenvalue weighted by Crippen LogP contribution is 2.50. The van der Waals surface area contributed by atoms with Crippen molar-refractivity contribution in [2.75, 3.05) is 11.9 Å². The van der Waals surface area contributed by atoms with Gasteiger partial charge in [0.1, 0.15) is 6.61 Å². The number of carbonyl (C=O) groups excluding carboxylic acids is 1. The predicted molar refractivity (Wildman–Crippen MR) is 141 cm³/mol. The molecular formula is C27H25Cl2N3O5. The maximum absolute atomic E-state index is 13.2. The Hall–Kier alpha value is -3.33. The zero-order valence-electron chi connectivity index (χ0n) is 20.2. The van der Waals surface area contributed by atoms with Crippen LogP contribution in [0.25, 0.3) is 0 Å². The van der Waals surface area contributed by atoms with E-state index in [1.807, 2.05) is 19.9 Å². The molecule has 2 aliphatic rings. The summed E-state index contributed by atoms with van der Waals surface area (Å²) in [7, 11) is 0. The lowest BCUT2D eigenvalue weighted by Crippen LogP contribution is -2.54. The molecule has 3 aromatic carbocycles. The van der Waals surface area contributed by atoms with E-state index in [1.54, 1.807) is 54.6 Å². The molecule has 1 saturated heterocycles. The number of fused-ring (bicyclic) bond motifs is 2. The number of rotatable bonds is 7. The Morgan fingerprint density at radius 1 is 1.03 bits per heavy atom. The van der Waals surface area contributed by atoms with Gasteiger partial charge in [-0.1, -0.05) is 53.5 Å². The quantitative estimate of drug-likeness (QED) is 0.300. The zero-order valence-corrected chi connectivity index (χ0v) is 21.7. The zero-order chi connectivity index (χ0) is 26.3. The molecule has 8 nitrogen and oxygen atoms in total. The van der Waals surface area contributed by atoms with Crippen LogP contribution in [0, 0.1) is 10.1 Å². The van der Waals surface area contributed by atoms with Crippen molar-refractivity contribution >= 4 is 34.8 Å². The highest BCUT2D eigenvalue weighted by molar-refractivity contribution is 6.42. The van der Waals surface area contributed by atoms with Crippen LogP contribution in [0.5, 0.6) is 11.5 Å². The van der Waals surface area contributed by atoms with Gasteiger partial charge >= 0.3 is 0 Å². The molecule has 5 rings (SSSR count). The highest BCUT2D eigenvalue weighted by Gasteiger charge is 2.67. The summed E-state index contributed by atoms with van der Waals surface area (Å²) >= 11 is 12.1. The maximum atomic E-state index is 13.2. The van der Waals surface area contributed by atoms with Crippen molar-refractivity contribution in [1.82, 2.24) is 5.32 Å². The molecule has 1 amide bonds. The third kappa shape index (κ3) is 4.29. The van der Waals surface area contributed by atoms with Gasteiger partial charge in [0.05, 0.1) is 22.6 Å². The van der Waals surface area contributed by atoms with E-state index in [-0.39, 0.29) is 17.6 Å². The molecule has 2 N–H and O–H groups in total. The number of carbonyl (C=O) groups is 1. The van der Waals surface area contributed by atoms with Crippen LogP contribution in [-0.2, 0) is 16.9 Å². The summed E-state index contributed by atoms with van der Waals surface area (Å²) in [5.41, 5.74) is 1.21. The van der Waals surface area contributed by atoms with Gasteiger partial charge in [-0.3, -0.25) is 20.2 Å². The van der Waals surface area contributed by atoms with Gasteiger partial charge < -0.3 is 14.8 Å². The summed E-state index contributed by atoms with van der Waals surface area (Å²) in [5.74, 6) is -0.0650. The van der Waals surface area contributed by atoms with E-state index >= 15 is 0 Å². The smallest absolute Gasteiger partial charge is 0.256 e. The standard InChI is InChI=1S/C27H25Cl2N3O5/c1-3-36-23-13-17(9-11-22(23)37-14-16-8-10-19(28)20(29)12-16)24-15(2)31-27(25(24)32(34)35)18-6-4-5-7-21(18)30-26(27)33/h4-13,15,24-25,31H,3,14H2,1-2H3,(H,30,33)/t15-,24-,25+,27+/m0/s1. The van der Waals surface area contributed by atoms with Gasteiger partial charge in [0.15, 0.2) is 17.0 Å². The molecule has 0 aromatic heterocycles. The van der Waals surface area contributed by atoms with Crippen LogP contribution >= 0.6 is 23.2 Å². The number of amides is 1. The Bertz CT molecular complexity index is 1380. The van der Waals surface area contributed by atoms with E-state index in [0.717, 1.165) is 5.56 Å². The Morgan fingerprint density at radius 3 is 2.54 bits per heavy atom. The normalized spacial score (nSPS) is 24.1. The van der Waals surface area contributed by atoms with Gasteiger partial charge in [0.2, 0.25) is 0 Å². The van der Waals surface area contributed by atoms with Gasteiger partial charge in [-0.15, -0.1) is 0 Å². The third-order valence-corrected chi connectivity index (χ3v) is 7.73. The molecule has 0 radical (unpaired) electrons. The number of nitrogens with zero attached hydrogens (tertiary/aromatic N) is 1. The van der Waals surface area contributed by atoms with Crippen LogP contribution in [0.2, 0.25) is 10.0 Å². The second kappa shape index (κ2) is 9.85. The van der Waals surface area contributed by atoms with Crippen molar-refractivity contribution in [2.45, 2.75) is 44.0 Å². The molecule has 0 bridgehead atoms. The van der Waals surface area contributed by atoms with Crippen molar-refractivity contribution in [1.29, 1.82) is 0 Å². The van der Waals surface area contributed by atoms with Gasteiger partial charge in [-0.2, -0.15) is 0 Å². The minimum atomic E-state index is -1.47. The van der Waals surface area contributed by atoms with E-state index < -0.39 is 23.4 Å². The topological polar surface area (TPSA) is 103 Å². The van der Waals surface area contributed by atoms with Crippen LogP contribution in [0.4, 0.5) is 5.69 Å². The number of halogens is 2. The molecule has 10 heteroatoms. The fourth-order valence-electron chi connectivity index (χ4n) is 5.46. The monoisotopic (exact) mass is 541 g/mol. The Balaban J connectivity index is 1.49. The molecule has 0 aliphatic carbocycles. The summed E-state index contributed by atoms with van der Waals surface area (Å²) in [6.07, 6.45) is 0. The molecule has 1 fully saturated rings. The number of para-hydroxylation sites is 1. The van der Waals surface area contributed by atoms with Gasteiger partial charge in [0.25, 0.3) is 11.9 Å². The molecule has 3 aromatic rings. The molecule has 0 saturated carbocycles. The van der Waals surface area contributed by atoms with Gasteiger partial charge in [0, 0.05) is 22.2 Å². The summed E-state index contributed by atoms with van der Waals surface area (Å²) in [4.78, 5) is 25.4. The van der Waals surface area contributed by atoms with E-state index in [9.17, 15) is 14.9 Å². The molecule has 1 spiro atoms. The Kier molecular flexibility index (Phi) is 6.74. The van der Waals surface area contributed by atoms with Crippen molar-refractivity contribution in [3.8, 4) is 11.5 Å². The molecule has 2 aliphatic heterocycles. The second-order valence-electron chi connectivity index (χ2n) is 9.17. The van der Waals surface area contributed by atoms with E-state index in [1.165, 1.54) is 0 Å². The van der Waals surface area contributed by atoms with E-state index in [0.29, 0.717) is 45.0 Å². The molecule has 4 atom stereocenters. The summed E-state index contributed by atoms with van der Waals surface area (Å²) in [5, 5.41) is 19.5. The van der Waals surface area contributed by atoms with Crippen LogP contribution in [0.15, 0.2) is 60.7 Å². The van der Waals surface area contributed by atoms with Crippen LogP contribution < -0.4 is 20.1 Å². The summed E-state index contributed by atoms with van der Waals surface area (Å²) in [6, 6.07) is 16.1. The summed E-state index contributed by atoms with van der Waals surface area (Å²) < 4.78 is 11.9. The first-order chi connectivity index (χ1) is 17.8. The van der Waals surface area contributed by atoms with E-state index in [4.69, 9.17) is 32.7 Å². The first-order valence-electron chi connectivity index (χ1n) is 11.9. The lowest BCUT2D eigenvalue weighted by molar-refractivity contribution is -0.532. The number of benzene rings is 3. The largest absolute Gasteiger partial charge is 0.490 e. The van der Waals surface area contributed by atoms with Crippen molar-refractivity contribution in [3.63, 3.8) is 0 Å². The SMILES string of the molecule is CCOc1cc([C@@H]2[C@H](C)N[C@@]3(C(=O)Nc4ccccc43)[C@@H]2[N+](=O)[O-])ccc1OCc1ccc(Cl)c(Cl)c1. The molecule has 2 heterocycles. The van der Waals surface area contributed by atoms with E-state index in [2.05, 4.69) is 10.6 Å². The van der Waals surface area contributed by atoms with Crippen molar-refractivity contribution in [3.05, 3.63) is 97.5 Å². The highest BCUT2D eigenvalue weighted by atomic mass is 35.5. The Morgan fingerprint density at radius 2 is 1.81 bits per heavy atom. The maximum Gasteiger partial charge on any atom is 0.256 e. The minimum Gasteiger partial charge on any atom is -0.490 e. The first kappa shape index (κ1) is 25.3. The van der Waals surface area contributed by atoms with Crippen LogP contribution in [0.3, 0.4) is 0 Å². The predicted octanol–water partition coefficient (Wildman–Crippen LogP) is 5.54. The first-order valence-corrected chi connectivity index (χ1v) is 12.7. The Labute approximate surface area is 224 Å². The number of hydrogen-bond donors (Lipinski definition) is 2. The lowest BCUT2D eigenvalue weighted by Gasteiger charge is -2.25. The van der Waals surface area contributed by atoms with Gasteiger partial charge in [-0.25, -0.2) is 0 Å². The lowest BCUT2D eigenvalue weighted by atomic mass is 9.78. The summed E-state index contributed by atoms with van der Waals surface area (Å²) in [6.45, 7) is 4.32. The molecule has 0 unspecified atom stereocenters. The number of ether oxygens (including phenoxy) is 2. The van der Waals surface area contributed by atoms with Crippen LogP contribution in [0.1, 0.15) is 36.5 Å². The number of anilines is 1. The molecular weight excluding hydrogens is 517 g/mol. The van der Waals surface area contributed by atoms with Crippen LogP contribution in [-0.4, -0.2) is 29.5 Å². The number of nitro groups is 1. The third-order valence-electron chi connectivity index (χ3n) is 6.99. The second-order valence-corrected chi connectivity index (χ2v) is 9.99. The molecule has 192 valence electrons. The van der Waals surface area contributed by atoms with Gasteiger partial charge in [-0.05, 0) is 55.3 Å². The average Bonchev–Trinajstić information content (AvgIpc) is 3.34. The number of nitrogens with one attached hydrogen (secondary N) is 2. The average molecular weight is 542 g/mol. The number of hydrogen-bond acceptors (Lipinski definition) is 6. The fourth-order valence-corrected chi connectivity index (χ4v) is 5.78. The molecule has 37 heavy (non-hydrogen) atoms. The van der Waals surface area contributed by atoms with Crippen molar-refractivity contribution < 1.29 is 19.2 Å². The fraction of sp³-hybridized carbons (Fsp3) is 0.296. The minimum absolute atomic E-state index is 0.231.